The summed E-state index contributed by atoms with van der Waals surface area (Å²) >= 11 is 0. The Balaban J connectivity index is 2.94. The zero-order valence-corrected chi connectivity index (χ0v) is 9.32. The molecule has 86 valence electrons. The lowest BCUT2D eigenvalue weighted by molar-refractivity contribution is -0.114. The number of allylic oxidation sites excluding steroid dienone is 1. The van der Waals surface area contributed by atoms with Crippen molar-refractivity contribution in [2.45, 2.75) is 20.3 Å². The number of nitrogens with two attached hydrogens (primary N) is 1. The van der Waals surface area contributed by atoms with E-state index in [0.29, 0.717) is 12.0 Å². The fraction of sp³-hybridized carbons (Fsp3) is 0.250. The summed E-state index contributed by atoms with van der Waals surface area (Å²) in [7, 11) is 0. The van der Waals surface area contributed by atoms with Crippen LogP contribution in [0.2, 0.25) is 0 Å². The molecule has 0 bridgehead atoms. The molecule has 4 heteroatoms. The molecule has 0 saturated heterocycles. The number of aryl methyl sites for hydroxylation is 1. The molecule has 0 saturated carbocycles. The third-order valence-corrected chi connectivity index (χ3v) is 2.45. The van der Waals surface area contributed by atoms with E-state index >= 15 is 0 Å². The van der Waals surface area contributed by atoms with E-state index in [4.69, 9.17) is 5.73 Å². The van der Waals surface area contributed by atoms with E-state index in [1.165, 1.54) is 12.1 Å². The van der Waals surface area contributed by atoms with Crippen molar-refractivity contribution in [3.63, 3.8) is 0 Å². The van der Waals surface area contributed by atoms with E-state index < -0.39 is 5.91 Å². The van der Waals surface area contributed by atoms with Crippen LogP contribution >= 0.6 is 0 Å². The van der Waals surface area contributed by atoms with Crippen molar-refractivity contribution >= 4 is 5.91 Å². The van der Waals surface area contributed by atoms with Gasteiger partial charge in [0.2, 0.25) is 5.91 Å². The zero-order chi connectivity index (χ0) is 12.3. The average Bonchev–Trinajstić information content (AvgIpc) is 2.20. The molecule has 1 rings (SSSR count). The van der Waals surface area contributed by atoms with Crippen molar-refractivity contribution in [2.24, 2.45) is 5.73 Å². The second-order valence-electron chi connectivity index (χ2n) is 3.72. The van der Waals surface area contributed by atoms with Gasteiger partial charge in [0.15, 0.2) is 11.5 Å². The van der Waals surface area contributed by atoms with Crippen LogP contribution in [0, 0.1) is 6.92 Å². The maximum Gasteiger partial charge on any atom is 0.244 e. The first-order valence-electron chi connectivity index (χ1n) is 4.90. The number of primary amides is 1. The molecule has 0 atom stereocenters. The largest absolute Gasteiger partial charge is 0.504 e. The van der Waals surface area contributed by atoms with E-state index in [1.54, 1.807) is 13.0 Å². The highest BCUT2D eigenvalue weighted by Crippen LogP contribution is 2.28. The molecule has 4 nitrogen and oxygen atoms in total. The summed E-state index contributed by atoms with van der Waals surface area (Å²) in [6.07, 6.45) is 2.19. The molecule has 0 fully saturated rings. The molecule has 0 aliphatic carbocycles. The van der Waals surface area contributed by atoms with Crippen LogP contribution in [0.3, 0.4) is 0 Å². The first-order valence-corrected chi connectivity index (χ1v) is 4.90. The number of aromatic hydroxyl groups is 2. The number of amides is 1. The number of phenols is 2. The Morgan fingerprint density at radius 3 is 2.50 bits per heavy atom. The van der Waals surface area contributed by atoms with Gasteiger partial charge in [0.05, 0.1) is 0 Å². The smallest absolute Gasteiger partial charge is 0.244 e. The summed E-state index contributed by atoms with van der Waals surface area (Å²) in [5.41, 5.74) is 7.27. The standard InChI is InChI=1S/C12H15NO3/c1-7(12(13)16)3-4-9-6-11(15)10(14)5-8(9)2/h3,5-6,14-15H,4H2,1-2H3,(H2,13,16)/b7-3+. The Morgan fingerprint density at radius 1 is 1.38 bits per heavy atom. The van der Waals surface area contributed by atoms with E-state index in [-0.39, 0.29) is 11.5 Å². The Kier molecular flexibility index (Phi) is 3.55. The van der Waals surface area contributed by atoms with Gasteiger partial charge in [-0.1, -0.05) is 6.08 Å². The maximum absolute atomic E-state index is 10.8. The number of carbonyl (C=O) groups excluding carboxylic acids is 1. The number of rotatable bonds is 3. The molecule has 1 aromatic carbocycles. The summed E-state index contributed by atoms with van der Waals surface area (Å²) in [6, 6.07) is 2.97. The predicted octanol–water partition coefficient (Wildman–Crippen LogP) is 1.38. The molecule has 1 aromatic rings. The van der Waals surface area contributed by atoms with Crippen LogP contribution in [0.4, 0.5) is 0 Å². The SMILES string of the molecule is C/C(=C\Cc1cc(O)c(O)cc1C)C(N)=O. The first kappa shape index (κ1) is 12.1. The fourth-order valence-electron chi connectivity index (χ4n) is 1.31. The third-order valence-electron chi connectivity index (χ3n) is 2.45. The topological polar surface area (TPSA) is 83.6 Å². The minimum absolute atomic E-state index is 0.142. The van der Waals surface area contributed by atoms with E-state index in [0.717, 1.165) is 11.1 Å². The molecule has 0 aromatic heterocycles. The van der Waals surface area contributed by atoms with Gasteiger partial charge >= 0.3 is 0 Å². The fourth-order valence-corrected chi connectivity index (χ4v) is 1.31. The highest BCUT2D eigenvalue weighted by Gasteiger charge is 2.05. The van der Waals surface area contributed by atoms with Gasteiger partial charge < -0.3 is 15.9 Å². The van der Waals surface area contributed by atoms with E-state index in [2.05, 4.69) is 0 Å². The Bertz CT molecular complexity index is 450. The lowest BCUT2D eigenvalue weighted by Gasteiger charge is -2.06. The van der Waals surface area contributed by atoms with Crippen LogP contribution in [0.25, 0.3) is 0 Å². The normalized spacial score (nSPS) is 11.5. The molecule has 4 N–H and O–H groups in total. The van der Waals surface area contributed by atoms with Crippen molar-refractivity contribution in [2.75, 3.05) is 0 Å². The number of carbonyl (C=O) groups is 1. The Morgan fingerprint density at radius 2 is 1.94 bits per heavy atom. The average molecular weight is 221 g/mol. The summed E-state index contributed by atoms with van der Waals surface area (Å²) in [5, 5.41) is 18.6. The van der Waals surface area contributed by atoms with E-state index in [9.17, 15) is 15.0 Å². The third kappa shape index (κ3) is 2.76. The molecule has 0 radical (unpaired) electrons. The Labute approximate surface area is 94.0 Å². The number of hydrogen-bond donors (Lipinski definition) is 3. The second-order valence-corrected chi connectivity index (χ2v) is 3.72. The van der Waals surface area contributed by atoms with Crippen LogP contribution in [0.15, 0.2) is 23.8 Å². The van der Waals surface area contributed by atoms with Crippen molar-refractivity contribution < 1.29 is 15.0 Å². The van der Waals surface area contributed by atoms with E-state index in [1.807, 2.05) is 6.92 Å². The zero-order valence-electron chi connectivity index (χ0n) is 9.32. The van der Waals surface area contributed by atoms with Gasteiger partial charge in [0.1, 0.15) is 0 Å². The van der Waals surface area contributed by atoms with Gasteiger partial charge in [-0.25, -0.2) is 0 Å². The van der Waals surface area contributed by atoms with Crippen LogP contribution in [0.1, 0.15) is 18.1 Å². The Hall–Kier alpha value is -1.97. The van der Waals surface area contributed by atoms with Crippen LogP contribution in [-0.2, 0) is 11.2 Å². The van der Waals surface area contributed by atoms with Crippen molar-refractivity contribution in [3.05, 3.63) is 34.9 Å². The molecular weight excluding hydrogens is 206 g/mol. The molecular formula is C12H15NO3. The van der Waals surface area contributed by atoms with Crippen LogP contribution in [-0.4, -0.2) is 16.1 Å². The number of phenolic OH excluding ortho intramolecular Hbond substituents is 2. The molecule has 16 heavy (non-hydrogen) atoms. The van der Waals surface area contributed by atoms with Crippen molar-refractivity contribution in [1.82, 2.24) is 0 Å². The lowest BCUT2D eigenvalue weighted by Crippen LogP contribution is -2.11. The van der Waals surface area contributed by atoms with Crippen LogP contribution < -0.4 is 5.73 Å². The molecule has 1 amide bonds. The molecule has 0 aliphatic heterocycles. The molecule has 0 heterocycles. The number of benzene rings is 1. The number of hydrogen-bond acceptors (Lipinski definition) is 3. The quantitative estimate of drug-likeness (QED) is 0.532. The maximum atomic E-state index is 10.8. The minimum Gasteiger partial charge on any atom is -0.504 e. The van der Waals surface area contributed by atoms with Gasteiger partial charge in [-0.05, 0) is 43.5 Å². The van der Waals surface area contributed by atoms with Gasteiger partial charge in [-0.3, -0.25) is 4.79 Å². The lowest BCUT2D eigenvalue weighted by atomic mass is 10.0. The van der Waals surface area contributed by atoms with Crippen molar-refractivity contribution in [3.8, 4) is 11.5 Å². The molecule has 0 aliphatic rings. The van der Waals surface area contributed by atoms with Gasteiger partial charge in [0, 0.05) is 5.57 Å². The van der Waals surface area contributed by atoms with Gasteiger partial charge in [-0.15, -0.1) is 0 Å². The highest BCUT2D eigenvalue weighted by atomic mass is 16.3. The summed E-state index contributed by atoms with van der Waals surface area (Å²) in [6.45, 7) is 3.46. The predicted molar refractivity (Wildman–Crippen MR) is 61.2 cm³/mol. The monoisotopic (exact) mass is 221 g/mol. The summed E-state index contributed by atoms with van der Waals surface area (Å²) in [5.74, 6) is -0.761. The minimum atomic E-state index is -0.458. The summed E-state index contributed by atoms with van der Waals surface area (Å²) < 4.78 is 0. The van der Waals surface area contributed by atoms with Gasteiger partial charge in [-0.2, -0.15) is 0 Å². The van der Waals surface area contributed by atoms with Gasteiger partial charge in [0.25, 0.3) is 0 Å². The van der Waals surface area contributed by atoms with Crippen LogP contribution in [0.5, 0.6) is 11.5 Å². The second kappa shape index (κ2) is 4.70. The molecule has 0 unspecified atom stereocenters. The molecule has 0 spiro atoms. The summed E-state index contributed by atoms with van der Waals surface area (Å²) in [4.78, 5) is 10.8. The van der Waals surface area contributed by atoms with Crippen molar-refractivity contribution in [1.29, 1.82) is 0 Å². The first-order chi connectivity index (χ1) is 7.41. The highest BCUT2D eigenvalue weighted by molar-refractivity contribution is 5.91.